The number of nitrogens with zero attached hydrogens (tertiary/aromatic N) is 1. The fraction of sp³-hybridized carbons (Fsp3) is 0.458. The Morgan fingerprint density at radius 1 is 0.964 bits per heavy atom. The number of likely N-dealkylation sites (tertiary alicyclic amines) is 1. The van der Waals surface area contributed by atoms with Crippen LogP contribution in [0.1, 0.15) is 36.0 Å². The van der Waals surface area contributed by atoms with Crippen molar-refractivity contribution in [1.82, 2.24) is 10.2 Å². The van der Waals surface area contributed by atoms with Gasteiger partial charge in [0.15, 0.2) is 0 Å². The highest BCUT2D eigenvalue weighted by Crippen LogP contribution is 2.26. The van der Waals surface area contributed by atoms with Crippen molar-refractivity contribution >= 4 is 17.7 Å². The summed E-state index contributed by atoms with van der Waals surface area (Å²) in [5.74, 6) is 3.24. The molecule has 4 heteroatoms. The first-order valence-electron chi connectivity index (χ1n) is 10.5. The van der Waals surface area contributed by atoms with Gasteiger partial charge in [-0.2, -0.15) is 11.8 Å². The first-order valence-corrected chi connectivity index (χ1v) is 11.7. The predicted molar refractivity (Wildman–Crippen MR) is 119 cm³/mol. The molecule has 28 heavy (non-hydrogen) atoms. The van der Waals surface area contributed by atoms with E-state index in [9.17, 15) is 4.79 Å². The van der Waals surface area contributed by atoms with Gasteiger partial charge in [-0.3, -0.25) is 9.69 Å². The molecule has 1 amide bonds. The Labute approximate surface area is 172 Å². The van der Waals surface area contributed by atoms with Gasteiger partial charge in [0.2, 0.25) is 0 Å². The van der Waals surface area contributed by atoms with Gasteiger partial charge in [-0.25, -0.2) is 0 Å². The molecule has 2 saturated heterocycles. The second-order valence-electron chi connectivity index (χ2n) is 8.00. The number of piperidine rings is 1. The van der Waals surface area contributed by atoms with E-state index in [0.717, 1.165) is 30.3 Å². The smallest absolute Gasteiger partial charge is 0.251 e. The van der Waals surface area contributed by atoms with E-state index in [1.54, 1.807) is 0 Å². The number of amides is 1. The third-order valence-electron chi connectivity index (χ3n) is 6.06. The topological polar surface area (TPSA) is 32.3 Å². The van der Waals surface area contributed by atoms with Gasteiger partial charge in [-0.15, -0.1) is 0 Å². The molecule has 0 spiro atoms. The lowest BCUT2D eigenvalue weighted by Gasteiger charge is -2.40. The Morgan fingerprint density at radius 2 is 1.68 bits per heavy atom. The molecule has 1 unspecified atom stereocenters. The molecule has 2 aromatic carbocycles. The van der Waals surface area contributed by atoms with Crippen LogP contribution >= 0.6 is 11.8 Å². The fourth-order valence-corrected chi connectivity index (χ4v) is 5.51. The number of nitrogens with one attached hydrogen (secondary N) is 1. The number of carbonyl (C=O) groups excluding carboxylic acids is 1. The van der Waals surface area contributed by atoms with Crippen LogP contribution in [-0.4, -0.2) is 48.0 Å². The maximum Gasteiger partial charge on any atom is 0.251 e. The molecule has 0 aliphatic carbocycles. The Bertz CT molecular complexity index is 756. The molecule has 0 aromatic heterocycles. The van der Waals surface area contributed by atoms with Crippen molar-refractivity contribution in [3.05, 3.63) is 60.2 Å². The quantitative estimate of drug-likeness (QED) is 0.798. The maximum atomic E-state index is 12.6. The first-order chi connectivity index (χ1) is 13.8. The van der Waals surface area contributed by atoms with Crippen molar-refractivity contribution in [2.75, 3.05) is 31.1 Å². The number of hydrogen-bond acceptors (Lipinski definition) is 3. The molecule has 3 nitrogen and oxygen atoms in total. The van der Waals surface area contributed by atoms with Crippen molar-refractivity contribution in [3.8, 4) is 11.1 Å². The van der Waals surface area contributed by atoms with E-state index in [1.807, 2.05) is 42.5 Å². The third-order valence-corrected chi connectivity index (χ3v) is 7.11. The molecule has 2 fully saturated rings. The number of hydrogen-bond donors (Lipinski definition) is 1. The van der Waals surface area contributed by atoms with Gasteiger partial charge < -0.3 is 5.32 Å². The summed E-state index contributed by atoms with van der Waals surface area (Å²) in [5.41, 5.74) is 3.07. The highest BCUT2D eigenvalue weighted by atomic mass is 32.2. The van der Waals surface area contributed by atoms with Gasteiger partial charge >= 0.3 is 0 Å². The van der Waals surface area contributed by atoms with Gasteiger partial charge in [-0.05, 0) is 72.9 Å². The highest BCUT2D eigenvalue weighted by molar-refractivity contribution is 7.99. The van der Waals surface area contributed by atoms with E-state index in [4.69, 9.17) is 0 Å². The summed E-state index contributed by atoms with van der Waals surface area (Å²) in [6, 6.07) is 19.0. The van der Waals surface area contributed by atoms with Crippen LogP contribution in [0.4, 0.5) is 0 Å². The predicted octanol–water partition coefficient (Wildman–Crippen LogP) is 4.69. The zero-order valence-electron chi connectivity index (χ0n) is 16.5. The molecule has 0 radical (unpaired) electrons. The molecule has 2 heterocycles. The molecule has 2 aliphatic heterocycles. The average Bonchev–Trinajstić information content (AvgIpc) is 2.79. The number of carbonyl (C=O) groups is 1. The summed E-state index contributed by atoms with van der Waals surface area (Å²) >= 11 is 2.09. The highest BCUT2D eigenvalue weighted by Gasteiger charge is 2.27. The Balaban J connectivity index is 1.29. The largest absolute Gasteiger partial charge is 0.352 e. The average molecular weight is 395 g/mol. The van der Waals surface area contributed by atoms with Crippen LogP contribution in [0.3, 0.4) is 0 Å². The van der Waals surface area contributed by atoms with Crippen LogP contribution in [0.5, 0.6) is 0 Å². The van der Waals surface area contributed by atoms with E-state index in [1.165, 1.54) is 49.3 Å². The number of thioether (sulfide) groups is 1. The minimum absolute atomic E-state index is 0.0470. The van der Waals surface area contributed by atoms with Crippen LogP contribution in [0, 0.1) is 5.92 Å². The van der Waals surface area contributed by atoms with Gasteiger partial charge in [0, 0.05) is 24.7 Å². The standard InChI is InChI=1S/C24H30N2OS/c27-24(22-10-8-21(9-11-22)20-6-2-1-3-7-20)25-17-19-5-4-14-26(18-19)23-12-15-28-16-13-23/h1-3,6-11,19,23H,4-5,12-18H2,(H,25,27). The maximum absolute atomic E-state index is 12.6. The molecule has 0 bridgehead atoms. The van der Waals surface area contributed by atoms with Crippen molar-refractivity contribution in [3.63, 3.8) is 0 Å². The van der Waals surface area contributed by atoms with E-state index >= 15 is 0 Å². The zero-order chi connectivity index (χ0) is 19.2. The SMILES string of the molecule is O=C(NCC1CCCN(C2CCSCC2)C1)c1ccc(-c2ccccc2)cc1. The lowest BCUT2D eigenvalue weighted by Crippen LogP contribution is -2.46. The molecular formula is C24H30N2OS. The molecule has 4 rings (SSSR count). The van der Waals surface area contributed by atoms with Crippen molar-refractivity contribution in [2.45, 2.75) is 31.7 Å². The van der Waals surface area contributed by atoms with Gasteiger partial charge in [0.25, 0.3) is 5.91 Å². The zero-order valence-corrected chi connectivity index (χ0v) is 17.3. The van der Waals surface area contributed by atoms with Gasteiger partial charge in [0.05, 0.1) is 0 Å². The van der Waals surface area contributed by atoms with Crippen molar-refractivity contribution in [1.29, 1.82) is 0 Å². The van der Waals surface area contributed by atoms with Crippen LogP contribution in [-0.2, 0) is 0 Å². The normalized spacial score (nSPS) is 21.4. The molecule has 1 atom stereocenters. The fourth-order valence-electron chi connectivity index (χ4n) is 4.43. The Kier molecular flexibility index (Phi) is 6.71. The third kappa shape index (κ3) is 4.98. The summed E-state index contributed by atoms with van der Waals surface area (Å²) in [5, 5.41) is 3.18. The van der Waals surface area contributed by atoms with Crippen molar-refractivity contribution in [2.24, 2.45) is 5.92 Å². The Morgan fingerprint density at radius 3 is 2.43 bits per heavy atom. The molecule has 1 N–H and O–H groups in total. The first kappa shape index (κ1) is 19.5. The monoisotopic (exact) mass is 394 g/mol. The molecule has 2 aromatic rings. The van der Waals surface area contributed by atoms with Crippen molar-refractivity contribution < 1.29 is 4.79 Å². The molecule has 2 aliphatic rings. The van der Waals surface area contributed by atoms with E-state index in [-0.39, 0.29) is 5.91 Å². The molecule has 0 saturated carbocycles. The summed E-state index contributed by atoms with van der Waals surface area (Å²) in [6.45, 7) is 3.17. The summed E-state index contributed by atoms with van der Waals surface area (Å²) in [7, 11) is 0. The second-order valence-corrected chi connectivity index (χ2v) is 9.22. The van der Waals surface area contributed by atoms with Gasteiger partial charge in [-0.1, -0.05) is 42.5 Å². The Hall–Kier alpha value is -1.78. The summed E-state index contributed by atoms with van der Waals surface area (Å²) < 4.78 is 0. The summed E-state index contributed by atoms with van der Waals surface area (Å²) in [6.07, 6.45) is 5.15. The summed E-state index contributed by atoms with van der Waals surface area (Å²) in [4.78, 5) is 15.3. The molecular weight excluding hydrogens is 364 g/mol. The lowest BCUT2D eigenvalue weighted by atomic mass is 9.95. The number of rotatable bonds is 5. The van der Waals surface area contributed by atoms with E-state index < -0.39 is 0 Å². The van der Waals surface area contributed by atoms with Crippen LogP contribution in [0.2, 0.25) is 0 Å². The molecule has 148 valence electrons. The van der Waals surface area contributed by atoms with Crippen LogP contribution < -0.4 is 5.32 Å². The van der Waals surface area contributed by atoms with Crippen LogP contribution in [0.15, 0.2) is 54.6 Å². The van der Waals surface area contributed by atoms with Crippen LogP contribution in [0.25, 0.3) is 11.1 Å². The minimum atomic E-state index is 0.0470. The second kappa shape index (κ2) is 9.62. The minimum Gasteiger partial charge on any atom is -0.352 e. The van der Waals surface area contributed by atoms with E-state index in [0.29, 0.717) is 5.92 Å². The van der Waals surface area contributed by atoms with Gasteiger partial charge in [0.1, 0.15) is 0 Å². The lowest BCUT2D eigenvalue weighted by molar-refractivity contribution is 0.0904. The number of benzene rings is 2. The van der Waals surface area contributed by atoms with E-state index in [2.05, 4.69) is 34.1 Å².